The van der Waals surface area contributed by atoms with Gasteiger partial charge in [0.05, 0.1) is 4.92 Å². The lowest BCUT2D eigenvalue weighted by molar-refractivity contribution is -0.384. The summed E-state index contributed by atoms with van der Waals surface area (Å²) in [6, 6.07) is 7.70. The van der Waals surface area contributed by atoms with Gasteiger partial charge in [-0.25, -0.2) is 0 Å². The highest BCUT2D eigenvalue weighted by molar-refractivity contribution is 9.10. The van der Waals surface area contributed by atoms with Gasteiger partial charge in [0, 0.05) is 12.1 Å². The predicted molar refractivity (Wildman–Crippen MR) is 68.8 cm³/mol. The van der Waals surface area contributed by atoms with Crippen molar-refractivity contribution in [1.29, 1.82) is 0 Å². The maximum atomic E-state index is 10.6. The lowest BCUT2D eigenvalue weighted by atomic mass is 10.3. The molecule has 2 rings (SSSR count). The van der Waals surface area contributed by atoms with E-state index in [4.69, 9.17) is 20.8 Å². The van der Waals surface area contributed by atoms with Gasteiger partial charge in [0.1, 0.15) is 23.1 Å². The van der Waals surface area contributed by atoms with Crippen LogP contribution in [-0.2, 0) is 6.61 Å². The van der Waals surface area contributed by atoms with E-state index in [9.17, 15) is 10.1 Å². The Labute approximate surface area is 116 Å². The van der Waals surface area contributed by atoms with Crippen LogP contribution in [0.1, 0.15) is 5.76 Å². The molecule has 0 fully saturated rings. The summed E-state index contributed by atoms with van der Waals surface area (Å²) in [5.41, 5.74) is -0.148. The first kappa shape index (κ1) is 12.9. The molecule has 1 heterocycles. The van der Waals surface area contributed by atoms with Crippen LogP contribution in [0.15, 0.2) is 39.4 Å². The summed E-state index contributed by atoms with van der Waals surface area (Å²) in [5.74, 6) is 1.08. The molecule has 0 aliphatic heterocycles. The average molecular weight is 333 g/mol. The average Bonchev–Trinajstić information content (AvgIpc) is 2.72. The van der Waals surface area contributed by atoms with Crippen LogP contribution in [-0.4, -0.2) is 4.92 Å². The molecule has 0 unspecified atom stereocenters. The number of benzene rings is 1. The molecule has 7 heteroatoms. The zero-order valence-electron chi connectivity index (χ0n) is 8.93. The van der Waals surface area contributed by atoms with Crippen LogP contribution in [0.3, 0.4) is 0 Å². The van der Waals surface area contributed by atoms with Gasteiger partial charge in [-0.15, -0.1) is 0 Å². The zero-order chi connectivity index (χ0) is 13.1. The molecule has 1 aromatic carbocycles. The molecule has 0 bridgehead atoms. The number of nitro groups is 1. The lowest BCUT2D eigenvalue weighted by Gasteiger charge is -2.04. The van der Waals surface area contributed by atoms with E-state index in [0.717, 1.165) is 0 Å². The Bertz CT molecular complexity index is 584. The fourth-order valence-corrected chi connectivity index (χ4v) is 1.89. The van der Waals surface area contributed by atoms with Gasteiger partial charge in [-0.05, 0) is 34.1 Å². The number of nitrogens with zero attached hydrogens (tertiary/aromatic N) is 1. The van der Waals surface area contributed by atoms with Crippen LogP contribution in [0.25, 0.3) is 0 Å². The highest BCUT2D eigenvalue weighted by Crippen LogP contribution is 2.28. The molecule has 0 atom stereocenters. The lowest BCUT2D eigenvalue weighted by Crippen LogP contribution is -1.95. The maximum Gasteiger partial charge on any atom is 0.288 e. The molecule has 18 heavy (non-hydrogen) atoms. The van der Waals surface area contributed by atoms with Crippen molar-refractivity contribution in [1.82, 2.24) is 0 Å². The van der Waals surface area contributed by atoms with Crippen LogP contribution in [0.2, 0.25) is 5.02 Å². The van der Waals surface area contributed by atoms with Gasteiger partial charge < -0.3 is 9.15 Å². The van der Waals surface area contributed by atoms with Crippen molar-refractivity contribution in [2.45, 2.75) is 6.61 Å². The van der Waals surface area contributed by atoms with Crippen molar-refractivity contribution >= 4 is 33.2 Å². The van der Waals surface area contributed by atoms with Crippen molar-refractivity contribution in [2.24, 2.45) is 0 Å². The molecule has 0 aliphatic carbocycles. The van der Waals surface area contributed by atoms with E-state index in [1.54, 1.807) is 12.1 Å². The first-order chi connectivity index (χ1) is 8.56. The van der Waals surface area contributed by atoms with Gasteiger partial charge in [-0.2, -0.15) is 0 Å². The van der Waals surface area contributed by atoms with Gasteiger partial charge >= 0.3 is 0 Å². The second kappa shape index (κ2) is 5.41. The van der Waals surface area contributed by atoms with E-state index in [2.05, 4.69) is 15.9 Å². The molecule has 0 saturated heterocycles. The van der Waals surface area contributed by atoms with E-state index in [1.807, 2.05) is 0 Å². The second-order valence-electron chi connectivity index (χ2n) is 3.36. The minimum atomic E-state index is -0.546. The summed E-state index contributed by atoms with van der Waals surface area (Å²) < 4.78 is 11.3. The van der Waals surface area contributed by atoms with Crippen LogP contribution in [0.5, 0.6) is 5.75 Å². The maximum absolute atomic E-state index is 10.6. The van der Waals surface area contributed by atoms with Crippen LogP contribution >= 0.6 is 27.5 Å². The van der Waals surface area contributed by atoms with E-state index in [1.165, 1.54) is 18.2 Å². The zero-order valence-corrected chi connectivity index (χ0v) is 11.3. The summed E-state index contributed by atoms with van der Waals surface area (Å²) in [6.07, 6.45) is 0. The monoisotopic (exact) mass is 331 g/mol. The fourth-order valence-electron chi connectivity index (χ4n) is 1.31. The summed E-state index contributed by atoms with van der Waals surface area (Å²) in [7, 11) is 0. The largest absolute Gasteiger partial charge is 0.486 e. The number of furan rings is 1. The van der Waals surface area contributed by atoms with Crippen molar-refractivity contribution in [2.75, 3.05) is 0 Å². The highest BCUT2D eigenvalue weighted by atomic mass is 79.9. The Morgan fingerprint density at radius 2 is 2.17 bits per heavy atom. The number of hydrogen-bond donors (Lipinski definition) is 0. The molecular formula is C11H7BrClNO4. The Balaban J connectivity index is 2.06. The third-order valence-corrected chi connectivity index (χ3v) is 2.85. The molecule has 5 nitrogen and oxygen atoms in total. The Hall–Kier alpha value is -1.53. The van der Waals surface area contributed by atoms with Crippen molar-refractivity contribution in [3.05, 3.63) is 55.9 Å². The summed E-state index contributed by atoms with van der Waals surface area (Å²) in [4.78, 5) is 10.0. The minimum absolute atomic E-state index is 0.0399. The summed E-state index contributed by atoms with van der Waals surface area (Å²) in [5, 5.41) is 10.6. The van der Waals surface area contributed by atoms with Crippen molar-refractivity contribution < 1.29 is 14.1 Å². The van der Waals surface area contributed by atoms with Gasteiger partial charge in [0.2, 0.25) is 0 Å². The van der Waals surface area contributed by atoms with Crippen molar-refractivity contribution in [3.63, 3.8) is 0 Å². The Morgan fingerprint density at radius 3 is 2.72 bits per heavy atom. The number of ether oxygens (including phenoxy) is 1. The Morgan fingerprint density at radius 1 is 1.39 bits per heavy atom. The van der Waals surface area contributed by atoms with Gasteiger partial charge in [-0.3, -0.25) is 10.1 Å². The molecule has 0 amide bonds. The minimum Gasteiger partial charge on any atom is -0.486 e. The quantitative estimate of drug-likeness (QED) is 0.622. The number of halogens is 2. The van der Waals surface area contributed by atoms with Crippen molar-refractivity contribution in [3.8, 4) is 5.75 Å². The topological polar surface area (TPSA) is 65.5 Å². The van der Waals surface area contributed by atoms with Crippen LogP contribution < -0.4 is 4.74 Å². The third kappa shape index (κ3) is 3.02. The summed E-state index contributed by atoms with van der Waals surface area (Å²) >= 11 is 8.93. The summed E-state index contributed by atoms with van der Waals surface area (Å²) in [6.45, 7) is 0.222. The molecule has 0 spiro atoms. The standard InChI is InChI=1S/C11H7BrClNO4/c12-11-4-2-8(18-11)6-17-7-1-3-10(14(15)16)9(13)5-7/h1-5H,6H2. The molecule has 94 valence electrons. The predicted octanol–water partition coefficient (Wildman–Crippen LogP) is 4.18. The van der Waals surface area contributed by atoms with Crippen LogP contribution in [0.4, 0.5) is 5.69 Å². The molecule has 0 aliphatic rings. The molecule has 0 N–H and O–H groups in total. The van der Waals surface area contributed by atoms with Gasteiger partial charge in [-0.1, -0.05) is 11.6 Å². The number of hydrogen-bond acceptors (Lipinski definition) is 4. The molecule has 1 aromatic heterocycles. The Kier molecular flexibility index (Phi) is 3.88. The van der Waals surface area contributed by atoms with E-state index >= 15 is 0 Å². The normalized spacial score (nSPS) is 10.3. The first-order valence-corrected chi connectivity index (χ1v) is 6.04. The first-order valence-electron chi connectivity index (χ1n) is 4.87. The third-order valence-electron chi connectivity index (χ3n) is 2.13. The van der Waals surface area contributed by atoms with Crippen LogP contribution in [0, 0.1) is 10.1 Å². The molecule has 0 radical (unpaired) electrons. The second-order valence-corrected chi connectivity index (χ2v) is 4.55. The van der Waals surface area contributed by atoms with Gasteiger partial charge in [0.25, 0.3) is 5.69 Å². The number of rotatable bonds is 4. The molecule has 0 saturated carbocycles. The smallest absolute Gasteiger partial charge is 0.288 e. The fraction of sp³-hybridized carbons (Fsp3) is 0.0909. The van der Waals surface area contributed by atoms with E-state index in [0.29, 0.717) is 16.2 Å². The van der Waals surface area contributed by atoms with E-state index in [-0.39, 0.29) is 17.3 Å². The van der Waals surface area contributed by atoms with E-state index < -0.39 is 4.92 Å². The highest BCUT2D eigenvalue weighted by Gasteiger charge is 2.12. The molecule has 2 aromatic rings. The molecular weight excluding hydrogens is 325 g/mol. The SMILES string of the molecule is O=[N+]([O-])c1ccc(OCc2ccc(Br)o2)cc1Cl. The number of nitro benzene ring substituents is 1. The van der Waals surface area contributed by atoms with Gasteiger partial charge in [0.15, 0.2) is 4.67 Å².